The van der Waals surface area contributed by atoms with Crippen LogP contribution in [-0.4, -0.2) is 27.8 Å². The molecular formula is C16H20N4O2. The number of allylic oxidation sites excluding steroid dienone is 1. The number of methoxy groups -OCH3 is 1. The molecule has 0 bridgehead atoms. The summed E-state index contributed by atoms with van der Waals surface area (Å²) in [6.45, 7) is 5.59. The van der Waals surface area contributed by atoms with Gasteiger partial charge in [-0.15, -0.1) is 6.58 Å². The van der Waals surface area contributed by atoms with Gasteiger partial charge in [-0.3, -0.25) is 9.48 Å². The normalized spacial score (nSPS) is 11.8. The maximum atomic E-state index is 12.4. The van der Waals surface area contributed by atoms with Crippen LogP contribution in [0.4, 0.5) is 0 Å². The first kappa shape index (κ1) is 15.8. The Labute approximate surface area is 129 Å². The van der Waals surface area contributed by atoms with Crippen molar-refractivity contribution in [2.24, 2.45) is 7.05 Å². The molecule has 1 N–H and O–H groups in total. The first-order chi connectivity index (χ1) is 10.6. The predicted molar refractivity (Wildman–Crippen MR) is 83.8 cm³/mol. The molecule has 0 saturated carbocycles. The van der Waals surface area contributed by atoms with Crippen molar-refractivity contribution in [3.63, 3.8) is 0 Å². The van der Waals surface area contributed by atoms with Crippen LogP contribution in [0.1, 0.15) is 34.7 Å². The Morgan fingerprint density at radius 2 is 2.32 bits per heavy atom. The third kappa shape index (κ3) is 3.33. The van der Waals surface area contributed by atoms with Crippen LogP contribution in [0.5, 0.6) is 5.75 Å². The van der Waals surface area contributed by atoms with E-state index in [-0.39, 0.29) is 11.9 Å². The molecule has 0 aliphatic rings. The number of amides is 1. The number of nitrogens with one attached hydrogen (secondary N) is 1. The Hall–Kier alpha value is -2.63. The Kier molecular flexibility index (Phi) is 4.93. The van der Waals surface area contributed by atoms with E-state index in [1.165, 1.54) is 6.33 Å². The van der Waals surface area contributed by atoms with Gasteiger partial charge in [-0.05, 0) is 37.1 Å². The lowest BCUT2D eigenvalue weighted by Gasteiger charge is -2.14. The van der Waals surface area contributed by atoms with E-state index in [2.05, 4.69) is 22.0 Å². The topological polar surface area (TPSA) is 69.0 Å². The van der Waals surface area contributed by atoms with E-state index in [1.54, 1.807) is 37.0 Å². The summed E-state index contributed by atoms with van der Waals surface area (Å²) in [7, 11) is 3.40. The molecule has 6 nitrogen and oxygen atoms in total. The molecule has 0 spiro atoms. The van der Waals surface area contributed by atoms with Crippen LogP contribution in [0.2, 0.25) is 0 Å². The van der Waals surface area contributed by atoms with Crippen LogP contribution in [0.3, 0.4) is 0 Å². The fourth-order valence-corrected chi connectivity index (χ4v) is 2.28. The highest BCUT2D eigenvalue weighted by Gasteiger charge is 2.16. The molecule has 0 saturated heterocycles. The molecule has 0 unspecified atom stereocenters. The Bertz CT molecular complexity index is 679. The number of carbonyl (C=O) groups is 1. The second-order valence-corrected chi connectivity index (χ2v) is 4.96. The number of ether oxygens (including phenoxy) is 1. The minimum atomic E-state index is -0.232. The third-order valence-electron chi connectivity index (χ3n) is 3.39. The Balaban J connectivity index is 2.17. The molecule has 6 heteroatoms. The first-order valence-electron chi connectivity index (χ1n) is 6.99. The van der Waals surface area contributed by atoms with Crippen molar-refractivity contribution >= 4 is 5.91 Å². The number of hydrogen-bond acceptors (Lipinski definition) is 4. The highest BCUT2D eigenvalue weighted by Crippen LogP contribution is 2.21. The SMILES string of the molecule is C=CCc1cc(C(=O)N[C@H](C)c2ncnn2C)ccc1OC. The fraction of sp³-hybridized carbons (Fsp3) is 0.312. The van der Waals surface area contributed by atoms with Crippen molar-refractivity contribution in [2.75, 3.05) is 7.11 Å². The Morgan fingerprint density at radius 1 is 1.55 bits per heavy atom. The number of carbonyl (C=O) groups excluding carboxylic acids is 1. The summed E-state index contributed by atoms with van der Waals surface area (Å²) in [5.41, 5.74) is 1.50. The number of rotatable bonds is 6. The van der Waals surface area contributed by atoms with Crippen LogP contribution in [0.25, 0.3) is 0 Å². The van der Waals surface area contributed by atoms with Crippen molar-refractivity contribution < 1.29 is 9.53 Å². The third-order valence-corrected chi connectivity index (χ3v) is 3.39. The van der Waals surface area contributed by atoms with Gasteiger partial charge in [0, 0.05) is 12.6 Å². The highest BCUT2D eigenvalue weighted by atomic mass is 16.5. The fourth-order valence-electron chi connectivity index (χ4n) is 2.28. The van der Waals surface area contributed by atoms with Crippen LogP contribution in [0.15, 0.2) is 37.2 Å². The molecule has 1 aromatic heterocycles. The van der Waals surface area contributed by atoms with E-state index >= 15 is 0 Å². The number of aryl methyl sites for hydroxylation is 1. The molecule has 2 rings (SSSR count). The molecule has 0 fully saturated rings. The molecular weight excluding hydrogens is 280 g/mol. The van der Waals surface area contributed by atoms with Crippen molar-refractivity contribution in [3.05, 3.63) is 54.1 Å². The first-order valence-corrected chi connectivity index (χ1v) is 6.99. The lowest BCUT2D eigenvalue weighted by molar-refractivity contribution is 0.0937. The van der Waals surface area contributed by atoms with Crippen LogP contribution in [0, 0.1) is 0 Å². The molecule has 1 amide bonds. The van der Waals surface area contributed by atoms with E-state index in [0.717, 1.165) is 11.3 Å². The van der Waals surface area contributed by atoms with E-state index < -0.39 is 0 Å². The van der Waals surface area contributed by atoms with Gasteiger partial charge in [0.1, 0.15) is 17.9 Å². The number of nitrogens with zero attached hydrogens (tertiary/aromatic N) is 3. The monoisotopic (exact) mass is 300 g/mol. The number of benzene rings is 1. The van der Waals surface area contributed by atoms with Gasteiger partial charge in [0.15, 0.2) is 0 Å². The van der Waals surface area contributed by atoms with Crippen molar-refractivity contribution in [2.45, 2.75) is 19.4 Å². The smallest absolute Gasteiger partial charge is 0.251 e. The van der Waals surface area contributed by atoms with Gasteiger partial charge in [-0.25, -0.2) is 4.98 Å². The van der Waals surface area contributed by atoms with Crippen LogP contribution >= 0.6 is 0 Å². The summed E-state index contributed by atoms with van der Waals surface area (Å²) < 4.78 is 6.93. The standard InChI is InChI=1S/C16H20N4O2/c1-5-6-12-9-13(7-8-14(12)22-4)16(21)19-11(2)15-17-10-18-20(15)3/h5,7-11H,1,6H2,2-4H3,(H,19,21)/t11-/m1/s1. The molecule has 0 radical (unpaired) electrons. The molecule has 1 heterocycles. The molecule has 1 atom stereocenters. The minimum absolute atomic E-state index is 0.163. The molecule has 22 heavy (non-hydrogen) atoms. The van der Waals surface area contributed by atoms with Crippen molar-refractivity contribution in [3.8, 4) is 5.75 Å². The van der Waals surface area contributed by atoms with Crippen molar-refractivity contribution in [1.82, 2.24) is 20.1 Å². The zero-order valence-electron chi connectivity index (χ0n) is 13.0. The number of aromatic nitrogens is 3. The number of hydrogen-bond donors (Lipinski definition) is 1. The van der Waals surface area contributed by atoms with Gasteiger partial charge in [-0.1, -0.05) is 6.08 Å². The van der Waals surface area contributed by atoms with Gasteiger partial charge in [-0.2, -0.15) is 5.10 Å². The van der Waals surface area contributed by atoms with Gasteiger partial charge >= 0.3 is 0 Å². The lowest BCUT2D eigenvalue weighted by atomic mass is 10.1. The molecule has 0 aliphatic carbocycles. The van der Waals surface area contributed by atoms with E-state index in [4.69, 9.17) is 4.74 Å². The lowest BCUT2D eigenvalue weighted by Crippen LogP contribution is -2.28. The van der Waals surface area contributed by atoms with Crippen LogP contribution in [-0.2, 0) is 13.5 Å². The maximum absolute atomic E-state index is 12.4. The molecule has 116 valence electrons. The average molecular weight is 300 g/mol. The maximum Gasteiger partial charge on any atom is 0.251 e. The van der Waals surface area contributed by atoms with Gasteiger partial charge in [0.2, 0.25) is 0 Å². The summed E-state index contributed by atoms with van der Waals surface area (Å²) in [6, 6.07) is 5.12. The summed E-state index contributed by atoms with van der Waals surface area (Å²) in [5.74, 6) is 1.29. The van der Waals surface area contributed by atoms with Gasteiger partial charge in [0.05, 0.1) is 13.2 Å². The van der Waals surface area contributed by atoms with E-state index in [9.17, 15) is 4.79 Å². The Morgan fingerprint density at radius 3 is 2.91 bits per heavy atom. The summed E-state index contributed by atoms with van der Waals surface area (Å²) >= 11 is 0. The quantitative estimate of drug-likeness (QED) is 0.829. The highest BCUT2D eigenvalue weighted by molar-refractivity contribution is 5.94. The van der Waals surface area contributed by atoms with Crippen molar-refractivity contribution in [1.29, 1.82) is 0 Å². The zero-order chi connectivity index (χ0) is 16.1. The second kappa shape index (κ2) is 6.89. The van der Waals surface area contributed by atoms with Gasteiger partial charge in [0.25, 0.3) is 5.91 Å². The average Bonchev–Trinajstić information content (AvgIpc) is 2.93. The minimum Gasteiger partial charge on any atom is -0.496 e. The molecule has 0 aliphatic heterocycles. The predicted octanol–water partition coefficient (Wildman–Crippen LogP) is 2.04. The van der Waals surface area contributed by atoms with E-state index in [0.29, 0.717) is 17.8 Å². The summed E-state index contributed by atoms with van der Waals surface area (Å²) in [5, 5.41) is 6.92. The van der Waals surface area contributed by atoms with E-state index in [1.807, 2.05) is 13.0 Å². The summed E-state index contributed by atoms with van der Waals surface area (Å²) in [4.78, 5) is 16.5. The molecule has 1 aromatic carbocycles. The van der Waals surface area contributed by atoms with Gasteiger partial charge < -0.3 is 10.1 Å². The zero-order valence-corrected chi connectivity index (χ0v) is 13.0. The van der Waals surface area contributed by atoms with Crippen LogP contribution < -0.4 is 10.1 Å². The summed E-state index contributed by atoms with van der Waals surface area (Å²) in [6.07, 6.45) is 3.89. The molecule has 2 aromatic rings. The second-order valence-electron chi connectivity index (χ2n) is 4.96. The largest absolute Gasteiger partial charge is 0.496 e.